The molecule has 0 saturated heterocycles. The molecule has 1 amide bonds. The largest absolute Gasteiger partial charge is 0.496 e. The van der Waals surface area contributed by atoms with Crippen molar-refractivity contribution in [2.75, 3.05) is 13.7 Å². The number of carbonyl (C=O) groups is 1. The van der Waals surface area contributed by atoms with Crippen molar-refractivity contribution in [1.82, 2.24) is 5.32 Å². The molecule has 0 heterocycles. The van der Waals surface area contributed by atoms with Gasteiger partial charge >= 0.3 is 0 Å². The smallest absolute Gasteiger partial charge is 0.258 e. The number of rotatable bonds is 6. The summed E-state index contributed by atoms with van der Waals surface area (Å²) < 4.78 is 10.9. The van der Waals surface area contributed by atoms with Gasteiger partial charge in [0, 0.05) is 10.6 Å². The van der Waals surface area contributed by atoms with Gasteiger partial charge in [-0.3, -0.25) is 4.79 Å². The molecule has 0 aliphatic heterocycles. The minimum Gasteiger partial charge on any atom is -0.496 e. The van der Waals surface area contributed by atoms with E-state index in [0.29, 0.717) is 10.8 Å². The fraction of sp³-hybridized carbons (Fsp3) is 0.278. The number of aryl methyl sites for hydroxylation is 1. The number of hydrogen-bond acceptors (Lipinski definition) is 3. The van der Waals surface area contributed by atoms with Crippen LogP contribution in [0.25, 0.3) is 0 Å². The van der Waals surface area contributed by atoms with E-state index in [-0.39, 0.29) is 18.6 Å². The molecule has 0 saturated carbocycles. The standard InChI is InChI=1S/C18H20ClNO3/c1-12-10-14(19)8-9-16(12)23-11-18(21)20-13(2)15-6-4-5-7-17(15)22-3/h4-10,13H,11H2,1-3H3,(H,20,21)/t13-/m1/s1. The Balaban J connectivity index is 1.94. The number of methoxy groups -OCH3 is 1. The molecule has 0 radical (unpaired) electrons. The summed E-state index contributed by atoms with van der Waals surface area (Å²) in [7, 11) is 1.61. The van der Waals surface area contributed by atoms with Crippen LogP contribution in [0.15, 0.2) is 42.5 Å². The van der Waals surface area contributed by atoms with E-state index < -0.39 is 0 Å². The lowest BCUT2D eigenvalue weighted by Gasteiger charge is -2.17. The van der Waals surface area contributed by atoms with Crippen molar-refractivity contribution >= 4 is 17.5 Å². The van der Waals surface area contributed by atoms with Crippen LogP contribution in [-0.2, 0) is 4.79 Å². The second-order valence-electron chi connectivity index (χ2n) is 5.23. The summed E-state index contributed by atoms with van der Waals surface area (Å²) in [6.07, 6.45) is 0. The summed E-state index contributed by atoms with van der Waals surface area (Å²) in [5.41, 5.74) is 1.81. The number of amides is 1. The molecule has 1 N–H and O–H groups in total. The molecule has 5 heteroatoms. The summed E-state index contributed by atoms with van der Waals surface area (Å²) in [5.74, 6) is 1.20. The zero-order valence-electron chi connectivity index (χ0n) is 13.4. The van der Waals surface area contributed by atoms with E-state index in [1.165, 1.54) is 0 Å². The molecule has 122 valence electrons. The molecule has 0 aromatic heterocycles. The number of hydrogen-bond donors (Lipinski definition) is 1. The third-order valence-corrected chi connectivity index (χ3v) is 3.71. The fourth-order valence-electron chi connectivity index (χ4n) is 2.30. The van der Waals surface area contributed by atoms with Crippen LogP contribution in [0.5, 0.6) is 11.5 Å². The maximum absolute atomic E-state index is 12.1. The van der Waals surface area contributed by atoms with Gasteiger partial charge in [0.25, 0.3) is 5.91 Å². The molecule has 2 rings (SSSR count). The molecule has 0 aliphatic rings. The average Bonchev–Trinajstić information content (AvgIpc) is 2.54. The lowest BCUT2D eigenvalue weighted by Crippen LogP contribution is -2.31. The monoisotopic (exact) mass is 333 g/mol. The van der Waals surface area contributed by atoms with Gasteiger partial charge in [0.05, 0.1) is 13.2 Å². The van der Waals surface area contributed by atoms with Crippen molar-refractivity contribution in [1.29, 1.82) is 0 Å². The molecule has 0 spiro atoms. The van der Waals surface area contributed by atoms with E-state index in [1.54, 1.807) is 25.3 Å². The van der Waals surface area contributed by atoms with Gasteiger partial charge in [0.2, 0.25) is 0 Å². The molecule has 1 atom stereocenters. The van der Waals surface area contributed by atoms with E-state index >= 15 is 0 Å². The maximum Gasteiger partial charge on any atom is 0.258 e. The van der Waals surface area contributed by atoms with Crippen molar-refractivity contribution in [3.05, 3.63) is 58.6 Å². The van der Waals surface area contributed by atoms with Gasteiger partial charge in [-0.05, 0) is 43.7 Å². The summed E-state index contributed by atoms with van der Waals surface area (Å²) in [5, 5.41) is 3.54. The van der Waals surface area contributed by atoms with Crippen LogP contribution in [0.4, 0.5) is 0 Å². The SMILES string of the molecule is COc1ccccc1[C@@H](C)NC(=O)COc1ccc(Cl)cc1C. The summed E-state index contributed by atoms with van der Waals surface area (Å²) in [6.45, 7) is 3.74. The Labute approximate surface area is 141 Å². The number of benzene rings is 2. The first kappa shape index (κ1) is 17.2. The summed E-state index contributed by atoms with van der Waals surface area (Å²) >= 11 is 5.90. The lowest BCUT2D eigenvalue weighted by atomic mass is 10.1. The van der Waals surface area contributed by atoms with Gasteiger partial charge in [-0.25, -0.2) is 0 Å². The minimum atomic E-state index is -0.197. The Morgan fingerprint density at radius 2 is 1.96 bits per heavy atom. The van der Waals surface area contributed by atoms with Crippen LogP contribution in [0, 0.1) is 6.92 Å². The summed E-state index contributed by atoms with van der Waals surface area (Å²) in [4.78, 5) is 12.1. The van der Waals surface area contributed by atoms with Crippen LogP contribution in [-0.4, -0.2) is 19.6 Å². The first-order valence-electron chi connectivity index (χ1n) is 7.32. The topological polar surface area (TPSA) is 47.6 Å². The minimum absolute atomic E-state index is 0.0536. The van der Waals surface area contributed by atoms with E-state index in [0.717, 1.165) is 16.9 Å². The third-order valence-electron chi connectivity index (χ3n) is 3.48. The first-order chi connectivity index (χ1) is 11.0. The Morgan fingerprint density at radius 3 is 2.65 bits per heavy atom. The van der Waals surface area contributed by atoms with Crippen molar-refractivity contribution < 1.29 is 14.3 Å². The fourth-order valence-corrected chi connectivity index (χ4v) is 2.53. The van der Waals surface area contributed by atoms with Gasteiger partial charge in [0.1, 0.15) is 11.5 Å². The second-order valence-corrected chi connectivity index (χ2v) is 5.67. The zero-order valence-corrected chi connectivity index (χ0v) is 14.2. The van der Waals surface area contributed by atoms with Crippen LogP contribution in [0.2, 0.25) is 5.02 Å². The van der Waals surface area contributed by atoms with Crippen LogP contribution in [0.3, 0.4) is 0 Å². The average molecular weight is 334 g/mol. The van der Waals surface area contributed by atoms with Gasteiger partial charge in [-0.2, -0.15) is 0 Å². The molecule has 2 aromatic carbocycles. The van der Waals surface area contributed by atoms with E-state index in [2.05, 4.69) is 5.32 Å². The highest BCUT2D eigenvalue weighted by atomic mass is 35.5. The lowest BCUT2D eigenvalue weighted by molar-refractivity contribution is -0.123. The Hall–Kier alpha value is -2.20. The number of nitrogens with one attached hydrogen (secondary N) is 1. The first-order valence-corrected chi connectivity index (χ1v) is 7.70. The predicted molar refractivity (Wildman–Crippen MR) is 91.2 cm³/mol. The molecule has 23 heavy (non-hydrogen) atoms. The van der Waals surface area contributed by atoms with Crippen LogP contribution >= 0.6 is 11.6 Å². The molecule has 0 unspecified atom stereocenters. The third kappa shape index (κ3) is 4.63. The predicted octanol–water partition coefficient (Wildman–Crippen LogP) is 3.91. The van der Waals surface area contributed by atoms with Gasteiger partial charge in [-0.1, -0.05) is 29.8 Å². The molecule has 2 aromatic rings. The van der Waals surface area contributed by atoms with Crippen LogP contribution < -0.4 is 14.8 Å². The van der Waals surface area contributed by atoms with Crippen LogP contribution in [0.1, 0.15) is 24.1 Å². The molecule has 0 fully saturated rings. The quantitative estimate of drug-likeness (QED) is 0.871. The van der Waals surface area contributed by atoms with E-state index in [9.17, 15) is 4.79 Å². The van der Waals surface area contributed by atoms with Crippen molar-refractivity contribution in [2.24, 2.45) is 0 Å². The Bertz CT molecular complexity index is 688. The molecule has 0 aliphatic carbocycles. The van der Waals surface area contributed by atoms with E-state index in [4.69, 9.17) is 21.1 Å². The molecular weight excluding hydrogens is 314 g/mol. The van der Waals surface area contributed by atoms with Gasteiger partial charge in [0.15, 0.2) is 6.61 Å². The number of para-hydroxylation sites is 1. The van der Waals surface area contributed by atoms with Crippen molar-refractivity contribution in [2.45, 2.75) is 19.9 Å². The molecule has 0 bridgehead atoms. The second kappa shape index (κ2) is 7.88. The van der Waals surface area contributed by atoms with Crippen molar-refractivity contribution in [3.8, 4) is 11.5 Å². The number of carbonyl (C=O) groups excluding carboxylic acids is 1. The Kier molecular flexibility index (Phi) is 5.88. The zero-order chi connectivity index (χ0) is 16.8. The van der Waals surface area contributed by atoms with Gasteiger partial charge < -0.3 is 14.8 Å². The highest BCUT2D eigenvalue weighted by molar-refractivity contribution is 6.30. The van der Waals surface area contributed by atoms with Gasteiger partial charge in [-0.15, -0.1) is 0 Å². The normalized spacial score (nSPS) is 11.7. The number of halogens is 1. The van der Waals surface area contributed by atoms with Crippen molar-refractivity contribution in [3.63, 3.8) is 0 Å². The van der Waals surface area contributed by atoms with E-state index in [1.807, 2.05) is 38.1 Å². The highest BCUT2D eigenvalue weighted by Gasteiger charge is 2.14. The molecule has 4 nitrogen and oxygen atoms in total. The Morgan fingerprint density at radius 1 is 1.22 bits per heavy atom. The summed E-state index contributed by atoms with van der Waals surface area (Å²) in [6, 6.07) is 12.7. The maximum atomic E-state index is 12.1. The highest BCUT2D eigenvalue weighted by Crippen LogP contribution is 2.24. The number of ether oxygens (including phenoxy) is 2. The molecular formula is C18H20ClNO3.